The predicted molar refractivity (Wildman–Crippen MR) is 67.6 cm³/mol. The molecule has 0 atom stereocenters. The van der Waals surface area contributed by atoms with E-state index >= 15 is 0 Å². The highest BCUT2D eigenvalue weighted by atomic mass is 16.2. The minimum atomic E-state index is 0.154. The molecule has 0 radical (unpaired) electrons. The SMILES string of the molecule is CC.CC(=O)N1CCC(N2CCCC2=O)CC1. The molecule has 0 spiro atoms. The molecule has 2 heterocycles. The van der Waals surface area contributed by atoms with Crippen LogP contribution in [0.3, 0.4) is 0 Å². The Morgan fingerprint density at radius 1 is 1.18 bits per heavy atom. The number of likely N-dealkylation sites (tertiary alicyclic amines) is 2. The van der Waals surface area contributed by atoms with Crippen molar-refractivity contribution in [3.63, 3.8) is 0 Å². The van der Waals surface area contributed by atoms with E-state index in [4.69, 9.17) is 0 Å². The second-order valence-electron chi connectivity index (χ2n) is 4.43. The molecule has 0 N–H and O–H groups in total. The molecule has 0 unspecified atom stereocenters. The lowest BCUT2D eigenvalue weighted by Crippen LogP contribution is -2.46. The van der Waals surface area contributed by atoms with Crippen molar-refractivity contribution >= 4 is 11.8 Å². The van der Waals surface area contributed by atoms with Crippen molar-refractivity contribution in [3.8, 4) is 0 Å². The number of amides is 2. The lowest BCUT2D eigenvalue weighted by atomic mass is 10.0. The Labute approximate surface area is 104 Å². The molecule has 17 heavy (non-hydrogen) atoms. The van der Waals surface area contributed by atoms with Gasteiger partial charge < -0.3 is 9.80 Å². The van der Waals surface area contributed by atoms with Gasteiger partial charge in [-0.25, -0.2) is 0 Å². The van der Waals surface area contributed by atoms with Crippen molar-refractivity contribution in [1.82, 2.24) is 9.80 Å². The van der Waals surface area contributed by atoms with Crippen LogP contribution in [0, 0.1) is 0 Å². The maximum absolute atomic E-state index is 11.5. The molecular formula is C13H24N2O2. The van der Waals surface area contributed by atoms with Gasteiger partial charge in [0.15, 0.2) is 0 Å². The zero-order chi connectivity index (χ0) is 12.8. The van der Waals surface area contributed by atoms with E-state index in [2.05, 4.69) is 0 Å². The van der Waals surface area contributed by atoms with Crippen LogP contribution in [0.15, 0.2) is 0 Å². The van der Waals surface area contributed by atoms with E-state index in [1.165, 1.54) is 0 Å². The molecular weight excluding hydrogens is 216 g/mol. The molecule has 0 saturated carbocycles. The van der Waals surface area contributed by atoms with Crippen LogP contribution in [0.2, 0.25) is 0 Å². The van der Waals surface area contributed by atoms with Gasteiger partial charge >= 0.3 is 0 Å². The van der Waals surface area contributed by atoms with Gasteiger partial charge in [0.25, 0.3) is 0 Å². The highest BCUT2D eigenvalue weighted by Gasteiger charge is 2.30. The first-order valence-corrected chi connectivity index (χ1v) is 6.73. The first-order valence-electron chi connectivity index (χ1n) is 6.73. The number of carbonyl (C=O) groups is 2. The summed E-state index contributed by atoms with van der Waals surface area (Å²) in [6.45, 7) is 8.15. The topological polar surface area (TPSA) is 40.6 Å². The molecule has 4 nitrogen and oxygen atoms in total. The Balaban J connectivity index is 0.000000686. The van der Waals surface area contributed by atoms with Crippen molar-refractivity contribution in [1.29, 1.82) is 0 Å². The van der Waals surface area contributed by atoms with Crippen molar-refractivity contribution in [2.75, 3.05) is 19.6 Å². The summed E-state index contributed by atoms with van der Waals surface area (Å²) in [4.78, 5) is 26.6. The summed E-state index contributed by atoms with van der Waals surface area (Å²) in [5.74, 6) is 0.456. The average Bonchev–Trinajstić information content (AvgIpc) is 2.78. The Bertz CT molecular complexity index is 271. The molecule has 4 heteroatoms. The van der Waals surface area contributed by atoms with Gasteiger partial charge in [-0.3, -0.25) is 9.59 Å². The number of nitrogens with zero attached hydrogens (tertiary/aromatic N) is 2. The standard InChI is InChI=1S/C11H18N2O2.C2H6/c1-9(14)12-7-4-10(5-8-12)13-6-2-3-11(13)15;1-2/h10H,2-8H2,1H3;1-2H3. The van der Waals surface area contributed by atoms with Gasteiger partial charge in [0.1, 0.15) is 0 Å². The van der Waals surface area contributed by atoms with E-state index in [0.29, 0.717) is 18.4 Å². The molecule has 2 saturated heterocycles. The first-order chi connectivity index (χ1) is 8.18. The lowest BCUT2D eigenvalue weighted by Gasteiger charge is -2.36. The fraction of sp³-hybridized carbons (Fsp3) is 0.846. The molecule has 0 aliphatic carbocycles. The van der Waals surface area contributed by atoms with Crippen LogP contribution in [0.25, 0.3) is 0 Å². The van der Waals surface area contributed by atoms with Crippen LogP contribution in [0.4, 0.5) is 0 Å². The highest BCUT2D eigenvalue weighted by Crippen LogP contribution is 2.21. The van der Waals surface area contributed by atoms with Crippen molar-refractivity contribution in [2.45, 2.75) is 52.5 Å². The molecule has 2 amide bonds. The van der Waals surface area contributed by atoms with Gasteiger partial charge in [0, 0.05) is 39.0 Å². The summed E-state index contributed by atoms with van der Waals surface area (Å²) in [6, 6.07) is 0.385. The maximum atomic E-state index is 11.5. The lowest BCUT2D eigenvalue weighted by molar-refractivity contribution is -0.133. The Morgan fingerprint density at radius 3 is 2.18 bits per heavy atom. The van der Waals surface area contributed by atoms with Crippen LogP contribution in [-0.2, 0) is 9.59 Å². The third-order valence-corrected chi connectivity index (χ3v) is 3.46. The number of carbonyl (C=O) groups excluding carboxylic acids is 2. The van der Waals surface area contributed by atoms with E-state index in [1.54, 1.807) is 6.92 Å². The summed E-state index contributed by atoms with van der Waals surface area (Å²) >= 11 is 0. The van der Waals surface area contributed by atoms with E-state index in [1.807, 2.05) is 23.6 Å². The van der Waals surface area contributed by atoms with Gasteiger partial charge in [-0.15, -0.1) is 0 Å². The second kappa shape index (κ2) is 6.62. The van der Waals surface area contributed by atoms with Gasteiger partial charge in [-0.05, 0) is 19.3 Å². The molecule has 2 rings (SSSR count). The summed E-state index contributed by atoms with van der Waals surface area (Å²) in [7, 11) is 0. The third kappa shape index (κ3) is 3.45. The zero-order valence-corrected chi connectivity index (χ0v) is 11.2. The second-order valence-corrected chi connectivity index (χ2v) is 4.43. The van der Waals surface area contributed by atoms with E-state index < -0.39 is 0 Å². The maximum Gasteiger partial charge on any atom is 0.222 e. The van der Waals surface area contributed by atoms with Gasteiger partial charge in [-0.1, -0.05) is 13.8 Å². The average molecular weight is 240 g/mol. The predicted octanol–water partition coefficient (Wildman–Crippen LogP) is 1.65. The molecule has 2 aliphatic rings. The number of rotatable bonds is 1. The summed E-state index contributed by atoms with van der Waals surface area (Å²) in [6.07, 6.45) is 3.62. The molecule has 98 valence electrons. The fourth-order valence-electron chi connectivity index (χ4n) is 2.55. The van der Waals surface area contributed by atoms with Crippen LogP contribution < -0.4 is 0 Å². The van der Waals surface area contributed by atoms with Gasteiger partial charge in [-0.2, -0.15) is 0 Å². The minimum absolute atomic E-state index is 0.154. The zero-order valence-electron chi connectivity index (χ0n) is 11.2. The van der Waals surface area contributed by atoms with E-state index in [0.717, 1.165) is 38.9 Å². The van der Waals surface area contributed by atoms with Crippen molar-refractivity contribution < 1.29 is 9.59 Å². The number of piperidine rings is 1. The Hall–Kier alpha value is -1.06. The smallest absolute Gasteiger partial charge is 0.222 e. The largest absolute Gasteiger partial charge is 0.343 e. The van der Waals surface area contributed by atoms with Crippen LogP contribution in [-0.4, -0.2) is 47.3 Å². The van der Waals surface area contributed by atoms with Crippen LogP contribution in [0.1, 0.15) is 46.5 Å². The van der Waals surface area contributed by atoms with E-state index in [-0.39, 0.29) is 5.91 Å². The van der Waals surface area contributed by atoms with Crippen molar-refractivity contribution in [3.05, 3.63) is 0 Å². The molecule has 2 fully saturated rings. The fourth-order valence-corrected chi connectivity index (χ4v) is 2.55. The Morgan fingerprint density at radius 2 is 1.76 bits per heavy atom. The number of hydrogen-bond donors (Lipinski definition) is 0. The quantitative estimate of drug-likeness (QED) is 0.699. The van der Waals surface area contributed by atoms with Crippen LogP contribution in [0.5, 0.6) is 0 Å². The van der Waals surface area contributed by atoms with Crippen LogP contribution >= 0.6 is 0 Å². The number of hydrogen-bond acceptors (Lipinski definition) is 2. The monoisotopic (exact) mass is 240 g/mol. The van der Waals surface area contributed by atoms with Gasteiger partial charge in [0.05, 0.1) is 0 Å². The minimum Gasteiger partial charge on any atom is -0.343 e. The normalized spacial score (nSPS) is 21.2. The summed E-state index contributed by atoms with van der Waals surface area (Å²) < 4.78 is 0. The van der Waals surface area contributed by atoms with Crippen molar-refractivity contribution in [2.24, 2.45) is 0 Å². The molecule has 0 aromatic heterocycles. The summed E-state index contributed by atoms with van der Waals surface area (Å²) in [5, 5.41) is 0. The first kappa shape index (κ1) is 14.0. The molecule has 0 aromatic rings. The Kier molecular flexibility index (Phi) is 5.45. The van der Waals surface area contributed by atoms with E-state index in [9.17, 15) is 9.59 Å². The molecule has 0 bridgehead atoms. The molecule has 2 aliphatic heterocycles. The van der Waals surface area contributed by atoms with Gasteiger partial charge in [0.2, 0.25) is 11.8 Å². The third-order valence-electron chi connectivity index (χ3n) is 3.46. The molecule has 0 aromatic carbocycles. The highest BCUT2D eigenvalue weighted by molar-refractivity contribution is 5.78. The summed E-state index contributed by atoms with van der Waals surface area (Å²) in [5.41, 5.74) is 0.